The number of hydrogen-bond acceptors (Lipinski definition) is 3. The maximum Gasteiger partial charge on any atom is 0.407 e. The summed E-state index contributed by atoms with van der Waals surface area (Å²) in [7, 11) is 2.17. The predicted octanol–water partition coefficient (Wildman–Crippen LogP) is 2.63. The van der Waals surface area contributed by atoms with Gasteiger partial charge in [-0.2, -0.15) is 0 Å². The number of likely N-dealkylation sites (tertiary alicyclic amines) is 1. The Hall–Kier alpha value is -0.770. The third-order valence-electron chi connectivity index (χ3n) is 3.37. The minimum atomic E-state index is -0.418. The molecule has 1 heterocycles. The number of alkyl carbamates (subject to hydrolysis) is 1. The minimum Gasteiger partial charge on any atom is -0.444 e. The Morgan fingerprint density at radius 2 is 2.11 bits per heavy atom. The third-order valence-corrected chi connectivity index (χ3v) is 3.37. The number of hydrogen-bond donors (Lipinski definition) is 1. The zero-order chi connectivity index (χ0) is 13.8. The number of nitrogens with zero attached hydrogens (tertiary/aromatic N) is 1. The first-order valence-corrected chi connectivity index (χ1v) is 6.86. The van der Waals surface area contributed by atoms with E-state index in [4.69, 9.17) is 4.74 Å². The molecule has 1 fully saturated rings. The predicted molar refractivity (Wildman–Crippen MR) is 73.7 cm³/mol. The fourth-order valence-corrected chi connectivity index (χ4v) is 2.57. The zero-order valence-corrected chi connectivity index (χ0v) is 12.5. The average Bonchev–Trinajstić information content (AvgIpc) is 2.13. The van der Waals surface area contributed by atoms with Crippen molar-refractivity contribution in [2.45, 2.75) is 52.6 Å². The fraction of sp³-hybridized carbons (Fsp3) is 0.929. The maximum atomic E-state index is 11.5. The second kappa shape index (κ2) is 5.91. The second-order valence-corrected chi connectivity index (χ2v) is 6.83. The minimum absolute atomic E-state index is 0.310. The lowest BCUT2D eigenvalue weighted by atomic mass is 9.79. The molecule has 0 aromatic rings. The molecule has 0 aromatic heterocycles. The van der Waals surface area contributed by atoms with Crippen LogP contribution in [0.4, 0.5) is 4.79 Å². The monoisotopic (exact) mass is 256 g/mol. The molecule has 1 aliphatic heterocycles. The van der Waals surface area contributed by atoms with Crippen LogP contribution in [0.3, 0.4) is 0 Å². The largest absolute Gasteiger partial charge is 0.444 e. The highest BCUT2D eigenvalue weighted by atomic mass is 16.6. The maximum absolute atomic E-state index is 11.5. The van der Waals surface area contributed by atoms with Gasteiger partial charge in [0.1, 0.15) is 5.60 Å². The molecule has 4 heteroatoms. The summed E-state index contributed by atoms with van der Waals surface area (Å²) in [5.74, 6) is 0. The van der Waals surface area contributed by atoms with Crippen molar-refractivity contribution in [3.63, 3.8) is 0 Å². The highest BCUT2D eigenvalue weighted by Crippen LogP contribution is 2.31. The number of nitrogens with one attached hydrogen (secondary N) is 1. The van der Waals surface area contributed by atoms with E-state index in [1.807, 2.05) is 20.8 Å². The zero-order valence-electron chi connectivity index (χ0n) is 12.5. The van der Waals surface area contributed by atoms with Gasteiger partial charge in [0.15, 0.2) is 0 Å². The Labute approximate surface area is 111 Å². The molecule has 0 spiro atoms. The SMILES string of the molecule is CN1CCCC(C)(CCNC(=O)OC(C)(C)C)C1. The number of ether oxygens (including phenoxy) is 1. The number of carbonyl (C=O) groups is 1. The molecule has 1 amide bonds. The molecule has 1 atom stereocenters. The van der Waals surface area contributed by atoms with E-state index in [1.54, 1.807) is 0 Å². The van der Waals surface area contributed by atoms with Gasteiger partial charge in [-0.25, -0.2) is 4.79 Å². The normalized spacial score (nSPS) is 25.8. The lowest BCUT2D eigenvalue weighted by Crippen LogP contribution is -2.42. The first kappa shape index (κ1) is 15.3. The van der Waals surface area contributed by atoms with Crippen LogP contribution in [0.1, 0.15) is 47.0 Å². The van der Waals surface area contributed by atoms with E-state index in [1.165, 1.54) is 19.4 Å². The Bertz CT molecular complexity index is 286. The molecule has 0 saturated carbocycles. The lowest BCUT2D eigenvalue weighted by molar-refractivity contribution is 0.0509. The van der Waals surface area contributed by atoms with E-state index in [0.717, 1.165) is 13.0 Å². The molecular weight excluding hydrogens is 228 g/mol. The lowest BCUT2D eigenvalue weighted by Gasteiger charge is -2.39. The molecule has 1 unspecified atom stereocenters. The highest BCUT2D eigenvalue weighted by Gasteiger charge is 2.29. The Kier molecular flexibility index (Phi) is 5.02. The Morgan fingerprint density at radius 1 is 1.44 bits per heavy atom. The Morgan fingerprint density at radius 3 is 2.67 bits per heavy atom. The van der Waals surface area contributed by atoms with Gasteiger partial charge < -0.3 is 15.0 Å². The molecule has 1 rings (SSSR count). The van der Waals surface area contributed by atoms with Crippen molar-refractivity contribution >= 4 is 6.09 Å². The van der Waals surface area contributed by atoms with Crippen molar-refractivity contribution in [2.24, 2.45) is 5.41 Å². The van der Waals surface area contributed by atoms with Gasteiger partial charge >= 0.3 is 6.09 Å². The molecule has 1 aliphatic rings. The van der Waals surface area contributed by atoms with Gasteiger partial charge in [-0.05, 0) is 59.0 Å². The van der Waals surface area contributed by atoms with Crippen molar-refractivity contribution in [1.29, 1.82) is 0 Å². The molecule has 4 nitrogen and oxygen atoms in total. The quantitative estimate of drug-likeness (QED) is 0.844. The van der Waals surface area contributed by atoms with Crippen LogP contribution in [0.2, 0.25) is 0 Å². The van der Waals surface area contributed by atoms with Crippen LogP contribution in [0, 0.1) is 5.41 Å². The van der Waals surface area contributed by atoms with Crippen LogP contribution in [-0.2, 0) is 4.74 Å². The van der Waals surface area contributed by atoms with Crippen LogP contribution in [0.15, 0.2) is 0 Å². The topological polar surface area (TPSA) is 41.6 Å². The van der Waals surface area contributed by atoms with E-state index in [0.29, 0.717) is 12.0 Å². The molecule has 0 bridgehead atoms. The first-order valence-electron chi connectivity index (χ1n) is 6.86. The molecule has 106 valence electrons. The van der Waals surface area contributed by atoms with Crippen molar-refractivity contribution in [1.82, 2.24) is 10.2 Å². The van der Waals surface area contributed by atoms with Gasteiger partial charge in [0.05, 0.1) is 0 Å². The number of piperidine rings is 1. The smallest absolute Gasteiger partial charge is 0.407 e. The Balaban J connectivity index is 2.26. The summed E-state index contributed by atoms with van der Waals surface area (Å²) < 4.78 is 5.22. The number of amides is 1. The number of rotatable bonds is 3. The molecule has 1 saturated heterocycles. The highest BCUT2D eigenvalue weighted by molar-refractivity contribution is 5.67. The number of carbonyl (C=O) groups excluding carboxylic acids is 1. The van der Waals surface area contributed by atoms with Crippen molar-refractivity contribution in [2.75, 3.05) is 26.7 Å². The van der Waals surface area contributed by atoms with Gasteiger partial charge in [-0.15, -0.1) is 0 Å². The van der Waals surface area contributed by atoms with E-state index >= 15 is 0 Å². The summed E-state index contributed by atoms with van der Waals surface area (Å²) in [6.45, 7) is 10.9. The van der Waals surface area contributed by atoms with Crippen LogP contribution >= 0.6 is 0 Å². The van der Waals surface area contributed by atoms with E-state index in [-0.39, 0.29) is 6.09 Å². The summed E-state index contributed by atoms with van der Waals surface area (Å²) in [6.07, 6.45) is 3.19. The summed E-state index contributed by atoms with van der Waals surface area (Å²) in [5.41, 5.74) is -0.0962. The summed E-state index contributed by atoms with van der Waals surface area (Å²) in [4.78, 5) is 13.9. The van der Waals surface area contributed by atoms with E-state index < -0.39 is 5.60 Å². The molecule has 0 aliphatic carbocycles. The van der Waals surface area contributed by atoms with E-state index in [9.17, 15) is 4.79 Å². The van der Waals surface area contributed by atoms with E-state index in [2.05, 4.69) is 24.2 Å². The van der Waals surface area contributed by atoms with Gasteiger partial charge in [0, 0.05) is 13.1 Å². The van der Waals surface area contributed by atoms with Crippen molar-refractivity contribution < 1.29 is 9.53 Å². The average molecular weight is 256 g/mol. The van der Waals surface area contributed by atoms with Gasteiger partial charge in [0.2, 0.25) is 0 Å². The third kappa shape index (κ3) is 5.71. The standard InChI is InChI=1S/C14H28N2O2/c1-13(2,3)18-12(17)15-9-8-14(4)7-6-10-16(5)11-14/h6-11H2,1-5H3,(H,15,17). The van der Waals surface area contributed by atoms with Crippen molar-refractivity contribution in [3.8, 4) is 0 Å². The first-order chi connectivity index (χ1) is 8.20. The summed E-state index contributed by atoms with van der Waals surface area (Å²) >= 11 is 0. The molecular formula is C14H28N2O2. The fourth-order valence-electron chi connectivity index (χ4n) is 2.57. The molecule has 18 heavy (non-hydrogen) atoms. The van der Waals surface area contributed by atoms with Gasteiger partial charge in [-0.1, -0.05) is 6.92 Å². The summed E-state index contributed by atoms with van der Waals surface area (Å²) in [6, 6.07) is 0. The van der Waals surface area contributed by atoms with Crippen LogP contribution < -0.4 is 5.32 Å². The molecule has 0 aromatic carbocycles. The van der Waals surface area contributed by atoms with Gasteiger partial charge in [0.25, 0.3) is 0 Å². The van der Waals surface area contributed by atoms with Crippen LogP contribution in [0.25, 0.3) is 0 Å². The molecule has 0 radical (unpaired) electrons. The van der Waals surface area contributed by atoms with Gasteiger partial charge in [-0.3, -0.25) is 0 Å². The second-order valence-electron chi connectivity index (χ2n) is 6.83. The van der Waals surface area contributed by atoms with Crippen LogP contribution in [0.5, 0.6) is 0 Å². The van der Waals surface area contributed by atoms with Crippen molar-refractivity contribution in [3.05, 3.63) is 0 Å². The summed E-state index contributed by atoms with van der Waals surface area (Å²) in [5, 5.41) is 2.85. The molecule has 1 N–H and O–H groups in total. The van der Waals surface area contributed by atoms with Crippen LogP contribution in [-0.4, -0.2) is 43.3 Å².